The molecule has 0 saturated carbocycles. The highest BCUT2D eigenvalue weighted by atomic mass is 79.9. The topological polar surface area (TPSA) is 54.5 Å². The molecule has 1 fully saturated rings. The fourth-order valence-corrected chi connectivity index (χ4v) is 3.98. The van der Waals surface area contributed by atoms with Gasteiger partial charge in [0, 0.05) is 28.2 Å². The van der Waals surface area contributed by atoms with Crippen molar-refractivity contribution in [1.82, 2.24) is 4.90 Å². The number of hydrogen-bond donors (Lipinski definition) is 0. The summed E-state index contributed by atoms with van der Waals surface area (Å²) in [4.78, 5) is 13.3. The van der Waals surface area contributed by atoms with Crippen LogP contribution in [0.5, 0.6) is 0 Å². The predicted octanol–water partition coefficient (Wildman–Crippen LogP) is 3.39. The van der Waals surface area contributed by atoms with Gasteiger partial charge in [-0.1, -0.05) is 22.9 Å². The van der Waals surface area contributed by atoms with E-state index in [0.29, 0.717) is 19.0 Å². The maximum Gasteiger partial charge on any atom is 0.264 e. The van der Waals surface area contributed by atoms with E-state index in [-0.39, 0.29) is 10.0 Å². The molecule has 0 radical (unpaired) electrons. The Kier molecular flexibility index (Phi) is 4.95. The third-order valence-electron chi connectivity index (χ3n) is 3.44. The molecule has 0 aliphatic carbocycles. The van der Waals surface area contributed by atoms with Crippen LogP contribution >= 0.6 is 26.6 Å². The molecule has 1 aliphatic heterocycles. The minimum Gasteiger partial charge on any atom is -0.338 e. The molecule has 1 heterocycles. The van der Waals surface area contributed by atoms with Crippen LogP contribution in [-0.4, -0.2) is 32.3 Å². The van der Waals surface area contributed by atoms with E-state index in [1.165, 1.54) is 6.07 Å². The molecular weight excluding hydrogens is 385 g/mol. The van der Waals surface area contributed by atoms with Crippen molar-refractivity contribution in [3.63, 3.8) is 0 Å². The molecular formula is C13H14BrClFNO3S. The van der Waals surface area contributed by atoms with Gasteiger partial charge in [-0.05, 0) is 30.9 Å². The fourth-order valence-electron chi connectivity index (χ4n) is 2.44. The highest BCUT2D eigenvalue weighted by molar-refractivity contribution is 9.10. The van der Waals surface area contributed by atoms with Gasteiger partial charge in [-0.3, -0.25) is 4.79 Å². The second-order valence-electron chi connectivity index (χ2n) is 5.20. The van der Waals surface area contributed by atoms with E-state index in [1.54, 1.807) is 4.90 Å². The van der Waals surface area contributed by atoms with Crippen LogP contribution in [0.15, 0.2) is 21.5 Å². The smallest absolute Gasteiger partial charge is 0.264 e. The van der Waals surface area contributed by atoms with Gasteiger partial charge in [-0.2, -0.15) is 0 Å². The molecule has 1 atom stereocenters. The monoisotopic (exact) mass is 397 g/mol. The highest BCUT2D eigenvalue weighted by Crippen LogP contribution is 2.28. The van der Waals surface area contributed by atoms with Gasteiger partial charge in [-0.25, -0.2) is 12.8 Å². The van der Waals surface area contributed by atoms with Gasteiger partial charge in [-0.15, -0.1) is 0 Å². The zero-order valence-corrected chi connectivity index (χ0v) is 14.4. The van der Waals surface area contributed by atoms with Gasteiger partial charge < -0.3 is 4.90 Å². The first-order valence-electron chi connectivity index (χ1n) is 6.43. The number of halogens is 3. The van der Waals surface area contributed by atoms with Crippen molar-refractivity contribution in [3.05, 3.63) is 28.0 Å². The Balaban J connectivity index is 2.44. The normalized spacial score (nSPS) is 19.6. The summed E-state index contributed by atoms with van der Waals surface area (Å²) in [5.41, 5.74) is -0.280. The molecule has 1 aliphatic rings. The number of likely N-dealkylation sites (tertiary alicyclic amines) is 1. The fraction of sp³-hybridized carbons (Fsp3) is 0.462. The van der Waals surface area contributed by atoms with Gasteiger partial charge in [0.1, 0.15) is 4.90 Å². The van der Waals surface area contributed by atoms with Crippen LogP contribution in [0.25, 0.3) is 0 Å². The molecule has 0 N–H and O–H groups in total. The Labute approximate surface area is 135 Å². The summed E-state index contributed by atoms with van der Waals surface area (Å²) in [6.45, 7) is 3.09. The van der Waals surface area contributed by atoms with Crippen LogP contribution in [0, 0.1) is 11.7 Å². The number of amides is 1. The molecule has 2 rings (SSSR count). The van der Waals surface area contributed by atoms with Crippen LogP contribution < -0.4 is 0 Å². The average Bonchev–Trinajstić information content (AvgIpc) is 2.39. The first-order chi connectivity index (χ1) is 9.70. The number of rotatable bonds is 2. The number of carbonyl (C=O) groups is 1. The Morgan fingerprint density at radius 2 is 2.14 bits per heavy atom. The summed E-state index contributed by atoms with van der Waals surface area (Å²) >= 11 is 3.08. The Bertz CT molecular complexity index is 680. The molecule has 0 bridgehead atoms. The Hall–Kier alpha value is -0.660. The van der Waals surface area contributed by atoms with Crippen LogP contribution in [0.3, 0.4) is 0 Å². The first-order valence-corrected chi connectivity index (χ1v) is 9.53. The lowest BCUT2D eigenvalue weighted by atomic mass is 9.99. The lowest BCUT2D eigenvalue weighted by Gasteiger charge is -2.31. The van der Waals surface area contributed by atoms with Crippen molar-refractivity contribution in [2.45, 2.75) is 24.7 Å². The van der Waals surface area contributed by atoms with E-state index < -0.39 is 25.7 Å². The number of nitrogens with zero attached hydrogens (tertiary/aromatic N) is 1. The van der Waals surface area contributed by atoms with Gasteiger partial charge in [0.25, 0.3) is 15.0 Å². The summed E-state index contributed by atoms with van der Waals surface area (Å²) in [6.07, 6.45) is 1.87. The van der Waals surface area contributed by atoms with E-state index in [0.717, 1.165) is 18.9 Å². The lowest BCUT2D eigenvalue weighted by Crippen LogP contribution is -2.39. The van der Waals surface area contributed by atoms with Crippen LogP contribution in [-0.2, 0) is 9.05 Å². The van der Waals surface area contributed by atoms with E-state index in [2.05, 4.69) is 15.9 Å². The maximum absolute atomic E-state index is 14.3. The maximum atomic E-state index is 14.3. The summed E-state index contributed by atoms with van der Waals surface area (Å²) in [5.74, 6) is -1.27. The molecule has 0 spiro atoms. The zero-order chi connectivity index (χ0) is 15.8. The largest absolute Gasteiger partial charge is 0.338 e. The summed E-state index contributed by atoms with van der Waals surface area (Å²) in [5, 5.41) is 0. The molecule has 1 saturated heterocycles. The predicted molar refractivity (Wildman–Crippen MR) is 81.4 cm³/mol. The van der Waals surface area contributed by atoms with E-state index >= 15 is 0 Å². The second kappa shape index (κ2) is 6.22. The van der Waals surface area contributed by atoms with Crippen molar-refractivity contribution < 1.29 is 17.6 Å². The van der Waals surface area contributed by atoms with Crippen molar-refractivity contribution in [2.24, 2.45) is 5.92 Å². The first kappa shape index (κ1) is 16.7. The third-order valence-corrected chi connectivity index (χ3v) is 5.22. The van der Waals surface area contributed by atoms with Crippen molar-refractivity contribution in [1.29, 1.82) is 0 Å². The standard InChI is InChI=1S/C13H14BrClFNO3S/c1-8-3-2-4-17(7-8)13(18)10-5-9(14)6-11(12(10)16)21(15,19)20/h5-6,8H,2-4,7H2,1H3. The molecule has 0 aromatic heterocycles. The number of piperidine rings is 1. The summed E-state index contributed by atoms with van der Waals surface area (Å²) in [7, 11) is 0.951. The number of benzene rings is 1. The molecule has 116 valence electrons. The Morgan fingerprint density at radius 1 is 1.48 bits per heavy atom. The quantitative estimate of drug-likeness (QED) is 0.718. The van der Waals surface area contributed by atoms with E-state index in [4.69, 9.17) is 10.7 Å². The molecule has 21 heavy (non-hydrogen) atoms. The van der Waals surface area contributed by atoms with Crippen molar-refractivity contribution in [2.75, 3.05) is 13.1 Å². The highest BCUT2D eigenvalue weighted by Gasteiger charge is 2.28. The molecule has 4 nitrogen and oxygen atoms in total. The van der Waals surface area contributed by atoms with Gasteiger partial charge in [0.05, 0.1) is 5.56 Å². The van der Waals surface area contributed by atoms with E-state index in [9.17, 15) is 17.6 Å². The second-order valence-corrected chi connectivity index (χ2v) is 8.65. The van der Waals surface area contributed by atoms with Crippen molar-refractivity contribution >= 4 is 41.6 Å². The third kappa shape index (κ3) is 3.76. The number of hydrogen-bond acceptors (Lipinski definition) is 3. The SMILES string of the molecule is CC1CCCN(C(=O)c2cc(Br)cc(S(=O)(=O)Cl)c2F)C1. The van der Waals surface area contributed by atoms with Crippen LogP contribution in [0.2, 0.25) is 0 Å². The van der Waals surface area contributed by atoms with Crippen molar-refractivity contribution in [3.8, 4) is 0 Å². The van der Waals surface area contributed by atoms with E-state index in [1.807, 2.05) is 6.92 Å². The summed E-state index contributed by atoms with van der Waals surface area (Å²) < 4.78 is 37.4. The average molecular weight is 399 g/mol. The van der Waals surface area contributed by atoms with Crippen LogP contribution in [0.4, 0.5) is 4.39 Å². The zero-order valence-electron chi connectivity index (χ0n) is 11.3. The number of carbonyl (C=O) groups excluding carboxylic acids is 1. The van der Waals surface area contributed by atoms with Crippen LogP contribution in [0.1, 0.15) is 30.1 Å². The minimum absolute atomic E-state index is 0.280. The lowest BCUT2D eigenvalue weighted by molar-refractivity contribution is 0.0677. The van der Waals surface area contributed by atoms with Gasteiger partial charge >= 0.3 is 0 Å². The minimum atomic E-state index is -4.26. The summed E-state index contributed by atoms with van der Waals surface area (Å²) in [6, 6.07) is 2.33. The molecule has 8 heteroatoms. The van der Waals surface area contributed by atoms with Gasteiger partial charge in [0.15, 0.2) is 5.82 Å². The molecule has 1 aromatic rings. The molecule has 1 unspecified atom stereocenters. The Morgan fingerprint density at radius 3 is 2.71 bits per heavy atom. The molecule has 1 amide bonds. The molecule has 1 aromatic carbocycles. The van der Waals surface area contributed by atoms with Gasteiger partial charge in [0.2, 0.25) is 0 Å².